The number of thiazole rings is 1. The second-order valence-electron chi connectivity index (χ2n) is 3.37. The van der Waals surface area contributed by atoms with Crippen molar-refractivity contribution in [3.63, 3.8) is 0 Å². The summed E-state index contributed by atoms with van der Waals surface area (Å²) in [6, 6.07) is 3.62. The molecule has 0 saturated heterocycles. The fourth-order valence-corrected chi connectivity index (χ4v) is 2.09. The van der Waals surface area contributed by atoms with Gasteiger partial charge < -0.3 is 10.2 Å². The summed E-state index contributed by atoms with van der Waals surface area (Å²) in [5, 5.41) is 19.6. The highest BCUT2D eigenvalue weighted by molar-refractivity contribution is 7.13. The van der Waals surface area contributed by atoms with Gasteiger partial charge in [0.15, 0.2) is 5.69 Å². The molecular formula is C11H10N2O3S. The second kappa shape index (κ2) is 5.03. The third-order valence-electron chi connectivity index (χ3n) is 2.17. The molecule has 5 nitrogen and oxygen atoms in total. The van der Waals surface area contributed by atoms with Gasteiger partial charge in [-0.15, -0.1) is 11.3 Å². The van der Waals surface area contributed by atoms with Crippen LogP contribution in [0, 0.1) is 0 Å². The lowest BCUT2D eigenvalue weighted by Gasteiger charge is -1.98. The summed E-state index contributed by atoms with van der Waals surface area (Å²) < 4.78 is 0. The molecular weight excluding hydrogens is 240 g/mol. The van der Waals surface area contributed by atoms with Crippen molar-refractivity contribution in [3.8, 4) is 10.7 Å². The van der Waals surface area contributed by atoms with E-state index < -0.39 is 5.97 Å². The van der Waals surface area contributed by atoms with E-state index in [1.807, 2.05) is 6.07 Å². The first-order valence-corrected chi connectivity index (χ1v) is 5.83. The molecule has 6 heteroatoms. The Morgan fingerprint density at radius 1 is 1.41 bits per heavy atom. The van der Waals surface area contributed by atoms with E-state index in [4.69, 9.17) is 10.2 Å². The molecule has 2 rings (SSSR count). The molecule has 0 atom stereocenters. The van der Waals surface area contributed by atoms with E-state index in [1.54, 1.807) is 12.3 Å². The monoisotopic (exact) mass is 250 g/mol. The van der Waals surface area contributed by atoms with Gasteiger partial charge in [-0.3, -0.25) is 4.98 Å². The van der Waals surface area contributed by atoms with Crippen LogP contribution in [0.1, 0.15) is 16.1 Å². The Morgan fingerprint density at radius 2 is 2.24 bits per heavy atom. The minimum absolute atomic E-state index is 0.0336. The van der Waals surface area contributed by atoms with E-state index in [-0.39, 0.29) is 12.3 Å². The van der Waals surface area contributed by atoms with Crippen molar-refractivity contribution in [2.75, 3.05) is 6.61 Å². The van der Waals surface area contributed by atoms with Crippen molar-refractivity contribution in [1.29, 1.82) is 0 Å². The largest absolute Gasteiger partial charge is 0.476 e. The van der Waals surface area contributed by atoms with Crippen LogP contribution in [0.15, 0.2) is 23.7 Å². The molecule has 0 spiro atoms. The number of pyridine rings is 1. The first-order valence-electron chi connectivity index (χ1n) is 4.95. The number of carbonyl (C=O) groups is 1. The number of aliphatic hydroxyl groups excluding tert-OH is 1. The Balaban J connectivity index is 2.23. The number of aromatic carboxylic acids is 1. The summed E-state index contributed by atoms with van der Waals surface area (Å²) in [5.41, 5.74) is 1.61. The number of aliphatic hydroxyl groups is 1. The van der Waals surface area contributed by atoms with E-state index in [9.17, 15) is 4.79 Å². The van der Waals surface area contributed by atoms with Gasteiger partial charge in [-0.05, 0) is 18.1 Å². The molecule has 0 bridgehead atoms. The number of aromatic nitrogens is 2. The van der Waals surface area contributed by atoms with Crippen LogP contribution in [0.25, 0.3) is 10.7 Å². The zero-order chi connectivity index (χ0) is 12.3. The first kappa shape index (κ1) is 11.7. The molecule has 2 aromatic heterocycles. The average Bonchev–Trinajstić information content (AvgIpc) is 2.80. The Morgan fingerprint density at radius 3 is 2.76 bits per heavy atom. The number of hydrogen-bond donors (Lipinski definition) is 2. The third kappa shape index (κ3) is 2.66. The zero-order valence-electron chi connectivity index (χ0n) is 8.83. The highest BCUT2D eigenvalue weighted by Crippen LogP contribution is 2.21. The quantitative estimate of drug-likeness (QED) is 0.857. The summed E-state index contributed by atoms with van der Waals surface area (Å²) in [7, 11) is 0. The number of rotatable bonds is 4. The smallest absolute Gasteiger partial charge is 0.355 e. The Hall–Kier alpha value is -1.79. The summed E-state index contributed by atoms with van der Waals surface area (Å²) in [4.78, 5) is 18.8. The Labute approximate surface area is 101 Å². The fraction of sp³-hybridized carbons (Fsp3) is 0.182. The van der Waals surface area contributed by atoms with Crippen LogP contribution in [0.3, 0.4) is 0 Å². The normalized spacial score (nSPS) is 10.4. The molecule has 0 aliphatic heterocycles. The molecule has 0 unspecified atom stereocenters. The van der Waals surface area contributed by atoms with Crippen molar-refractivity contribution in [2.45, 2.75) is 6.42 Å². The molecule has 2 aromatic rings. The van der Waals surface area contributed by atoms with Gasteiger partial charge in [-0.1, -0.05) is 6.07 Å². The molecule has 2 N–H and O–H groups in total. The molecule has 0 aliphatic carbocycles. The maximum atomic E-state index is 10.7. The van der Waals surface area contributed by atoms with Gasteiger partial charge in [0.25, 0.3) is 0 Å². The number of carboxylic acid groups (broad SMARTS) is 1. The van der Waals surface area contributed by atoms with Crippen molar-refractivity contribution in [3.05, 3.63) is 35.0 Å². The highest BCUT2D eigenvalue weighted by Gasteiger charge is 2.10. The third-order valence-corrected chi connectivity index (χ3v) is 3.03. The van der Waals surface area contributed by atoms with Crippen LogP contribution < -0.4 is 0 Å². The predicted molar refractivity (Wildman–Crippen MR) is 63.1 cm³/mol. The molecule has 17 heavy (non-hydrogen) atoms. The number of nitrogens with zero attached hydrogens (tertiary/aromatic N) is 2. The van der Waals surface area contributed by atoms with Gasteiger partial charge in [0, 0.05) is 18.2 Å². The molecule has 0 saturated carbocycles. The highest BCUT2D eigenvalue weighted by atomic mass is 32.1. The van der Waals surface area contributed by atoms with E-state index in [2.05, 4.69) is 9.97 Å². The fourth-order valence-electron chi connectivity index (χ4n) is 1.32. The van der Waals surface area contributed by atoms with E-state index in [0.29, 0.717) is 17.1 Å². The minimum Gasteiger partial charge on any atom is -0.476 e. The molecule has 88 valence electrons. The van der Waals surface area contributed by atoms with E-state index in [0.717, 1.165) is 5.56 Å². The van der Waals surface area contributed by atoms with Gasteiger partial charge in [-0.25, -0.2) is 9.78 Å². The average molecular weight is 250 g/mol. The molecule has 2 heterocycles. The summed E-state index contributed by atoms with van der Waals surface area (Å²) in [6.07, 6.45) is 2.22. The SMILES string of the molecule is O=C(O)c1csc(-c2ccc(CCO)cn2)n1. The maximum absolute atomic E-state index is 10.7. The lowest BCUT2D eigenvalue weighted by Crippen LogP contribution is -1.96. The summed E-state index contributed by atoms with van der Waals surface area (Å²) in [6.45, 7) is 0.0848. The van der Waals surface area contributed by atoms with Gasteiger partial charge >= 0.3 is 5.97 Å². The lowest BCUT2D eigenvalue weighted by atomic mass is 10.2. The standard InChI is InChI=1S/C11H10N2O3S/c14-4-3-7-1-2-8(12-5-7)10-13-9(6-17-10)11(15)16/h1-2,5-6,14H,3-4H2,(H,15,16). The van der Waals surface area contributed by atoms with Crippen LogP contribution >= 0.6 is 11.3 Å². The van der Waals surface area contributed by atoms with Crippen molar-refractivity contribution in [1.82, 2.24) is 9.97 Å². The van der Waals surface area contributed by atoms with Crippen molar-refractivity contribution >= 4 is 17.3 Å². The summed E-state index contributed by atoms with van der Waals surface area (Å²) in [5.74, 6) is -1.04. The minimum atomic E-state index is -1.04. The molecule has 0 aromatic carbocycles. The molecule has 0 aliphatic rings. The molecule has 0 radical (unpaired) electrons. The van der Waals surface area contributed by atoms with E-state index in [1.165, 1.54) is 16.7 Å². The summed E-state index contributed by atoms with van der Waals surface area (Å²) >= 11 is 1.25. The first-order chi connectivity index (χ1) is 8.20. The van der Waals surface area contributed by atoms with Crippen LogP contribution in [0.5, 0.6) is 0 Å². The lowest BCUT2D eigenvalue weighted by molar-refractivity contribution is 0.0691. The van der Waals surface area contributed by atoms with E-state index >= 15 is 0 Å². The van der Waals surface area contributed by atoms with Gasteiger partial charge in [0.1, 0.15) is 5.01 Å². The predicted octanol–water partition coefficient (Wildman–Crippen LogP) is 1.44. The van der Waals surface area contributed by atoms with Crippen molar-refractivity contribution < 1.29 is 15.0 Å². The van der Waals surface area contributed by atoms with Crippen LogP contribution in [-0.4, -0.2) is 32.8 Å². The molecule has 0 amide bonds. The van der Waals surface area contributed by atoms with Crippen LogP contribution in [0.2, 0.25) is 0 Å². The number of carboxylic acids is 1. The van der Waals surface area contributed by atoms with Crippen LogP contribution in [-0.2, 0) is 6.42 Å². The van der Waals surface area contributed by atoms with Crippen LogP contribution in [0.4, 0.5) is 0 Å². The number of hydrogen-bond acceptors (Lipinski definition) is 5. The van der Waals surface area contributed by atoms with Gasteiger partial charge in [-0.2, -0.15) is 0 Å². The van der Waals surface area contributed by atoms with Crippen molar-refractivity contribution in [2.24, 2.45) is 0 Å². The topological polar surface area (TPSA) is 83.3 Å². The Kier molecular flexibility index (Phi) is 3.46. The second-order valence-corrected chi connectivity index (χ2v) is 4.23. The van der Waals surface area contributed by atoms with Gasteiger partial charge in [0.05, 0.1) is 5.69 Å². The zero-order valence-corrected chi connectivity index (χ0v) is 9.65. The Bertz CT molecular complexity index is 522. The molecule has 0 fully saturated rings. The maximum Gasteiger partial charge on any atom is 0.355 e. The van der Waals surface area contributed by atoms with Gasteiger partial charge in [0.2, 0.25) is 0 Å².